The zero-order chi connectivity index (χ0) is 25.3. The van der Waals surface area contributed by atoms with E-state index in [0.717, 1.165) is 23.4 Å². The normalized spacial score (nSPS) is 22.1. The van der Waals surface area contributed by atoms with Gasteiger partial charge in [0.15, 0.2) is 0 Å². The van der Waals surface area contributed by atoms with Crippen molar-refractivity contribution in [2.24, 2.45) is 0 Å². The van der Waals surface area contributed by atoms with Gasteiger partial charge in [0.25, 0.3) is 0 Å². The number of rotatable bonds is 4. The highest BCUT2D eigenvalue weighted by molar-refractivity contribution is 5.99. The standard InChI is InChI=1S/C26H34N4O5/c1-17-13-29(16-27-17)20-9-8-18(12-23(20)34-5)11-19-7-6-10-30(24(19)32)21-14-28(15-22(21)31)25(33)35-26(2,3)4/h8-9,11-13,16,21-22,31H,6-7,10,14-15H2,1-5H3/t21-,22-/m0/s1. The summed E-state index contributed by atoms with van der Waals surface area (Å²) < 4.78 is 12.9. The van der Waals surface area contributed by atoms with E-state index in [1.165, 1.54) is 4.90 Å². The van der Waals surface area contributed by atoms with Gasteiger partial charge in [0.1, 0.15) is 11.4 Å². The van der Waals surface area contributed by atoms with Gasteiger partial charge >= 0.3 is 6.09 Å². The Kier molecular flexibility index (Phi) is 6.89. The highest BCUT2D eigenvalue weighted by Crippen LogP contribution is 2.29. The van der Waals surface area contributed by atoms with E-state index >= 15 is 0 Å². The average Bonchev–Trinajstić information content (AvgIpc) is 3.39. The number of aliphatic hydroxyl groups is 1. The maximum absolute atomic E-state index is 13.4. The average molecular weight is 483 g/mol. The fraction of sp³-hybridized carbons (Fsp3) is 0.500. The maximum atomic E-state index is 13.4. The van der Waals surface area contributed by atoms with Crippen molar-refractivity contribution in [3.63, 3.8) is 0 Å². The molecule has 35 heavy (non-hydrogen) atoms. The van der Waals surface area contributed by atoms with Gasteiger partial charge in [-0.3, -0.25) is 4.79 Å². The van der Waals surface area contributed by atoms with Crippen molar-refractivity contribution < 1.29 is 24.2 Å². The second-order valence-electron chi connectivity index (χ2n) is 10.1. The van der Waals surface area contributed by atoms with Crippen LogP contribution in [0.25, 0.3) is 11.8 Å². The first kappa shape index (κ1) is 24.8. The summed E-state index contributed by atoms with van der Waals surface area (Å²) in [5, 5.41) is 10.7. The largest absolute Gasteiger partial charge is 0.495 e. The predicted octanol–water partition coefficient (Wildman–Crippen LogP) is 3.18. The number of β-amino-alcohol motifs (C(OH)–C–C–N with tert-alkyl or cyclic N) is 1. The number of amides is 2. The number of ether oxygens (including phenoxy) is 2. The number of aromatic nitrogens is 2. The van der Waals surface area contributed by atoms with Crippen LogP contribution in [0.5, 0.6) is 5.75 Å². The van der Waals surface area contributed by atoms with E-state index < -0.39 is 23.8 Å². The van der Waals surface area contributed by atoms with Crippen molar-refractivity contribution in [3.8, 4) is 11.4 Å². The van der Waals surface area contributed by atoms with Crippen molar-refractivity contribution in [2.45, 2.75) is 58.3 Å². The number of methoxy groups -OCH3 is 1. The highest BCUT2D eigenvalue weighted by atomic mass is 16.6. The van der Waals surface area contributed by atoms with Crippen LogP contribution in [0.3, 0.4) is 0 Å². The third-order valence-electron chi connectivity index (χ3n) is 6.23. The van der Waals surface area contributed by atoms with Gasteiger partial charge in [0.05, 0.1) is 43.5 Å². The lowest BCUT2D eigenvalue weighted by atomic mass is 9.98. The zero-order valence-electron chi connectivity index (χ0n) is 21.0. The van der Waals surface area contributed by atoms with Gasteiger partial charge in [-0.1, -0.05) is 6.07 Å². The van der Waals surface area contributed by atoms with Crippen LogP contribution in [-0.4, -0.2) is 80.9 Å². The molecule has 2 fully saturated rings. The number of carbonyl (C=O) groups is 2. The number of hydrogen-bond donors (Lipinski definition) is 1. The number of aliphatic hydroxyl groups excluding tert-OH is 1. The molecule has 9 heteroatoms. The van der Waals surface area contributed by atoms with Crippen molar-refractivity contribution >= 4 is 18.1 Å². The summed E-state index contributed by atoms with van der Waals surface area (Å²) in [7, 11) is 1.62. The summed E-state index contributed by atoms with van der Waals surface area (Å²) in [6, 6.07) is 5.33. The van der Waals surface area contributed by atoms with E-state index in [4.69, 9.17) is 9.47 Å². The van der Waals surface area contributed by atoms with Gasteiger partial charge in [0, 0.05) is 24.9 Å². The molecule has 2 atom stereocenters. The lowest BCUT2D eigenvalue weighted by Crippen LogP contribution is -2.49. The summed E-state index contributed by atoms with van der Waals surface area (Å²) in [5.74, 6) is 0.565. The molecule has 0 radical (unpaired) electrons. The lowest BCUT2D eigenvalue weighted by molar-refractivity contribution is -0.132. The number of carbonyl (C=O) groups excluding carboxylic acids is 2. The number of benzene rings is 1. The molecule has 2 saturated heterocycles. The Morgan fingerprint density at radius 2 is 2.03 bits per heavy atom. The second kappa shape index (κ2) is 9.73. The number of aryl methyl sites for hydroxylation is 1. The molecular formula is C26H34N4O5. The molecule has 2 aliphatic rings. The van der Waals surface area contributed by atoms with E-state index in [9.17, 15) is 14.7 Å². The number of piperidine rings is 1. The minimum absolute atomic E-state index is 0.111. The van der Waals surface area contributed by atoms with E-state index in [1.54, 1.807) is 39.1 Å². The fourth-order valence-corrected chi connectivity index (χ4v) is 4.59. The third kappa shape index (κ3) is 5.51. The molecule has 0 bridgehead atoms. The van der Waals surface area contributed by atoms with Crippen molar-refractivity contribution in [3.05, 3.63) is 47.6 Å². The van der Waals surface area contributed by atoms with E-state index in [1.807, 2.05) is 42.0 Å². The Balaban J connectivity index is 1.51. The molecule has 0 saturated carbocycles. The summed E-state index contributed by atoms with van der Waals surface area (Å²) >= 11 is 0. The smallest absolute Gasteiger partial charge is 0.410 e. The summed E-state index contributed by atoms with van der Waals surface area (Å²) in [4.78, 5) is 33.3. The Bertz CT molecular complexity index is 1130. The summed E-state index contributed by atoms with van der Waals surface area (Å²) in [6.45, 7) is 8.28. The molecule has 1 aromatic heterocycles. The SMILES string of the molecule is COc1cc(C=C2CCCN([C@H]3CN(C(=O)OC(C)(C)C)C[C@@H]3O)C2=O)ccc1-n1cnc(C)c1. The van der Waals surface area contributed by atoms with E-state index in [-0.39, 0.29) is 19.0 Å². The first-order chi connectivity index (χ1) is 16.6. The molecule has 4 rings (SSSR count). The molecule has 0 spiro atoms. The second-order valence-corrected chi connectivity index (χ2v) is 10.1. The van der Waals surface area contributed by atoms with Crippen molar-refractivity contribution in [2.75, 3.05) is 26.7 Å². The minimum atomic E-state index is -0.816. The van der Waals surface area contributed by atoms with Gasteiger partial charge in [0.2, 0.25) is 5.91 Å². The zero-order valence-corrected chi connectivity index (χ0v) is 21.0. The molecule has 3 heterocycles. The predicted molar refractivity (Wildman–Crippen MR) is 131 cm³/mol. The fourth-order valence-electron chi connectivity index (χ4n) is 4.59. The number of nitrogens with zero attached hydrogens (tertiary/aromatic N) is 4. The first-order valence-corrected chi connectivity index (χ1v) is 11.9. The van der Waals surface area contributed by atoms with E-state index in [2.05, 4.69) is 4.98 Å². The quantitative estimate of drug-likeness (QED) is 0.673. The van der Waals surface area contributed by atoms with Crippen LogP contribution in [-0.2, 0) is 9.53 Å². The molecule has 2 aliphatic heterocycles. The Hall–Kier alpha value is -3.33. The Labute approximate surface area is 205 Å². The van der Waals surface area contributed by atoms with Gasteiger partial charge in [-0.15, -0.1) is 0 Å². The minimum Gasteiger partial charge on any atom is -0.495 e. The molecule has 2 aromatic rings. The van der Waals surface area contributed by atoms with E-state index in [0.29, 0.717) is 24.3 Å². The molecule has 0 aliphatic carbocycles. The molecule has 188 valence electrons. The maximum Gasteiger partial charge on any atom is 0.410 e. The molecule has 0 unspecified atom stereocenters. The van der Waals surface area contributed by atoms with Crippen molar-refractivity contribution in [1.29, 1.82) is 0 Å². The summed E-state index contributed by atoms with van der Waals surface area (Å²) in [6.07, 6.45) is 5.69. The topological polar surface area (TPSA) is 97.1 Å². The lowest BCUT2D eigenvalue weighted by Gasteiger charge is -2.35. The monoisotopic (exact) mass is 482 g/mol. The van der Waals surface area contributed by atoms with Crippen LogP contribution in [0.1, 0.15) is 44.9 Å². The molecule has 1 N–H and O–H groups in total. The molecule has 1 aromatic carbocycles. The van der Waals surface area contributed by atoms with Gasteiger partial charge < -0.3 is 28.9 Å². The molecule has 2 amide bonds. The molecule has 9 nitrogen and oxygen atoms in total. The number of likely N-dealkylation sites (tertiary alicyclic amines) is 2. The van der Waals surface area contributed by atoms with Crippen LogP contribution >= 0.6 is 0 Å². The van der Waals surface area contributed by atoms with Crippen LogP contribution < -0.4 is 4.74 Å². The van der Waals surface area contributed by atoms with Crippen LogP contribution in [0.15, 0.2) is 36.3 Å². The highest BCUT2D eigenvalue weighted by Gasteiger charge is 2.42. The Morgan fingerprint density at radius 1 is 1.26 bits per heavy atom. The number of imidazole rings is 1. The van der Waals surface area contributed by atoms with Crippen molar-refractivity contribution in [1.82, 2.24) is 19.4 Å². The summed E-state index contributed by atoms with van der Waals surface area (Å²) in [5.41, 5.74) is 2.68. The van der Waals surface area contributed by atoms with Crippen LogP contribution in [0, 0.1) is 6.92 Å². The van der Waals surface area contributed by atoms with Crippen LogP contribution in [0.4, 0.5) is 4.79 Å². The first-order valence-electron chi connectivity index (χ1n) is 11.9. The van der Waals surface area contributed by atoms with Gasteiger partial charge in [-0.05, 0) is 64.3 Å². The Morgan fingerprint density at radius 3 is 2.69 bits per heavy atom. The third-order valence-corrected chi connectivity index (χ3v) is 6.23. The molecular weight excluding hydrogens is 448 g/mol. The number of hydrogen-bond acceptors (Lipinski definition) is 6. The van der Waals surface area contributed by atoms with Gasteiger partial charge in [-0.25, -0.2) is 9.78 Å². The van der Waals surface area contributed by atoms with Gasteiger partial charge in [-0.2, -0.15) is 0 Å². The van der Waals surface area contributed by atoms with Crippen LogP contribution in [0.2, 0.25) is 0 Å².